The molecule has 0 heterocycles. The van der Waals surface area contributed by atoms with E-state index in [0.717, 1.165) is 24.8 Å². The van der Waals surface area contributed by atoms with Gasteiger partial charge in [-0.25, -0.2) is 0 Å². The highest BCUT2D eigenvalue weighted by Crippen LogP contribution is 2.15. The monoisotopic (exact) mass is 222 g/mol. The van der Waals surface area contributed by atoms with Crippen molar-refractivity contribution in [2.45, 2.75) is 53.1 Å². The molecule has 0 amide bonds. The zero-order valence-electron chi connectivity index (χ0n) is 11.2. The minimum absolute atomic E-state index is 0.220. The van der Waals surface area contributed by atoms with Gasteiger partial charge in [0.2, 0.25) is 0 Å². The number of aliphatic hydroxyl groups excluding tert-OH is 1. The fraction of sp³-hybridized carbons (Fsp3) is 0.600. The van der Waals surface area contributed by atoms with Crippen LogP contribution in [0.3, 0.4) is 0 Å². The highest BCUT2D eigenvalue weighted by Gasteiger charge is 2.07. The predicted octanol–water partition coefficient (Wildman–Crippen LogP) is 4.25. The summed E-state index contributed by atoms with van der Waals surface area (Å²) in [5.41, 5.74) is 2.33. The standard InChI is InChI=1S/C15H26O/c1-6-13(5)10-14(7-2)11-15(16)9-8-12(3)4/h6-7,10,12,15-16H,1,8-9,11H2,2-5H3/b13-10-,14-7+. The van der Waals surface area contributed by atoms with Gasteiger partial charge in [-0.05, 0) is 44.6 Å². The third kappa shape index (κ3) is 7.47. The fourth-order valence-corrected chi connectivity index (χ4v) is 1.51. The number of hydrogen-bond donors (Lipinski definition) is 1. The quantitative estimate of drug-likeness (QED) is 0.638. The molecule has 92 valence electrons. The SMILES string of the molecule is C=C/C(C)=C\C(=C/C)CC(O)CCC(C)C. The largest absolute Gasteiger partial charge is 0.393 e. The van der Waals surface area contributed by atoms with Crippen molar-refractivity contribution in [2.24, 2.45) is 5.92 Å². The summed E-state index contributed by atoms with van der Waals surface area (Å²) in [6.45, 7) is 12.1. The van der Waals surface area contributed by atoms with Gasteiger partial charge in [0.1, 0.15) is 0 Å². The third-order valence-corrected chi connectivity index (χ3v) is 2.65. The van der Waals surface area contributed by atoms with Crippen LogP contribution < -0.4 is 0 Å². The van der Waals surface area contributed by atoms with Crippen LogP contribution in [0.4, 0.5) is 0 Å². The predicted molar refractivity (Wildman–Crippen MR) is 72.4 cm³/mol. The van der Waals surface area contributed by atoms with E-state index in [9.17, 15) is 5.11 Å². The van der Waals surface area contributed by atoms with Crippen LogP contribution in [-0.4, -0.2) is 11.2 Å². The lowest BCUT2D eigenvalue weighted by Crippen LogP contribution is -2.08. The Labute approximate surface area is 101 Å². The Hall–Kier alpha value is -0.820. The summed E-state index contributed by atoms with van der Waals surface area (Å²) in [5.74, 6) is 0.661. The maximum absolute atomic E-state index is 9.89. The van der Waals surface area contributed by atoms with Crippen LogP contribution in [-0.2, 0) is 0 Å². The van der Waals surface area contributed by atoms with Gasteiger partial charge in [-0.3, -0.25) is 0 Å². The molecule has 1 nitrogen and oxygen atoms in total. The molecule has 0 saturated heterocycles. The van der Waals surface area contributed by atoms with Crippen LogP contribution in [0.1, 0.15) is 47.0 Å². The maximum Gasteiger partial charge on any atom is 0.0580 e. The molecule has 0 aromatic heterocycles. The minimum Gasteiger partial charge on any atom is -0.393 e. The highest BCUT2D eigenvalue weighted by atomic mass is 16.3. The Kier molecular flexibility index (Phi) is 7.92. The average Bonchev–Trinajstić information content (AvgIpc) is 2.25. The lowest BCUT2D eigenvalue weighted by molar-refractivity contribution is 0.157. The third-order valence-electron chi connectivity index (χ3n) is 2.65. The van der Waals surface area contributed by atoms with Gasteiger partial charge in [0.25, 0.3) is 0 Å². The molecule has 0 fully saturated rings. The fourth-order valence-electron chi connectivity index (χ4n) is 1.51. The molecule has 0 aliphatic carbocycles. The Bertz CT molecular complexity index is 259. The van der Waals surface area contributed by atoms with E-state index in [4.69, 9.17) is 0 Å². The summed E-state index contributed by atoms with van der Waals surface area (Å²) in [7, 11) is 0. The molecule has 0 aromatic rings. The van der Waals surface area contributed by atoms with Crippen molar-refractivity contribution < 1.29 is 5.11 Å². The van der Waals surface area contributed by atoms with Crippen LogP contribution in [0.25, 0.3) is 0 Å². The molecular formula is C15H26O. The van der Waals surface area contributed by atoms with E-state index < -0.39 is 0 Å². The number of rotatable bonds is 7. The second-order valence-electron chi connectivity index (χ2n) is 4.79. The van der Waals surface area contributed by atoms with Gasteiger partial charge in [0.05, 0.1) is 6.10 Å². The Balaban J connectivity index is 4.18. The van der Waals surface area contributed by atoms with Gasteiger partial charge in [0.15, 0.2) is 0 Å². The van der Waals surface area contributed by atoms with E-state index in [1.165, 1.54) is 5.57 Å². The molecule has 1 heteroatoms. The smallest absolute Gasteiger partial charge is 0.0580 e. The van der Waals surface area contributed by atoms with Crippen LogP contribution >= 0.6 is 0 Å². The normalized spacial score (nSPS) is 15.4. The van der Waals surface area contributed by atoms with E-state index in [-0.39, 0.29) is 6.10 Å². The molecule has 16 heavy (non-hydrogen) atoms. The average molecular weight is 222 g/mol. The van der Waals surface area contributed by atoms with Crippen LogP contribution in [0.5, 0.6) is 0 Å². The van der Waals surface area contributed by atoms with Crippen LogP contribution in [0, 0.1) is 5.92 Å². The van der Waals surface area contributed by atoms with Gasteiger partial charge in [-0.15, -0.1) is 0 Å². The summed E-state index contributed by atoms with van der Waals surface area (Å²) in [6, 6.07) is 0. The van der Waals surface area contributed by atoms with Crippen molar-refractivity contribution in [2.75, 3.05) is 0 Å². The molecule has 0 aromatic carbocycles. The van der Waals surface area contributed by atoms with Gasteiger partial charge >= 0.3 is 0 Å². The van der Waals surface area contributed by atoms with Gasteiger partial charge in [0, 0.05) is 0 Å². The molecule has 0 aliphatic rings. The molecule has 0 spiro atoms. The second kappa shape index (κ2) is 8.35. The minimum atomic E-state index is -0.220. The van der Waals surface area contributed by atoms with Crippen molar-refractivity contribution in [3.63, 3.8) is 0 Å². The second-order valence-corrected chi connectivity index (χ2v) is 4.79. The van der Waals surface area contributed by atoms with E-state index in [1.807, 2.05) is 19.9 Å². The summed E-state index contributed by atoms with van der Waals surface area (Å²) in [6.07, 6.45) is 8.48. The number of hydrogen-bond acceptors (Lipinski definition) is 1. The van der Waals surface area contributed by atoms with Crippen molar-refractivity contribution in [1.82, 2.24) is 0 Å². The zero-order chi connectivity index (χ0) is 12.6. The molecule has 0 aliphatic heterocycles. The first-order valence-electron chi connectivity index (χ1n) is 6.13. The van der Waals surface area contributed by atoms with Crippen molar-refractivity contribution in [3.05, 3.63) is 36.0 Å². The molecule has 0 bridgehead atoms. The Morgan fingerprint density at radius 3 is 2.38 bits per heavy atom. The molecule has 1 atom stereocenters. The highest BCUT2D eigenvalue weighted by molar-refractivity contribution is 5.27. The number of aliphatic hydroxyl groups is 1. The molecule has 0 rings (SSSR count). The van der Waals surface area contributed by atoms with Gasteiger partial charge in [-0.2, -0.15) is 0 Å². The summed E-state index contributed by atoms with van der Waals surface area (Å²) in [5, 5.41) is 9.89. The lowest BCUT2D eigenvalue weighted by Gasteiger charge is -2.13. The first kappa shape index (κ1) is 15.2. The van der Waals surface area contributed by atoms with Crippen LogP contribution in [0.15, 0.2) is 36.0 Å². The van der Waals surface area contributed by atoms with Crippen molar-refractivity contribution in [1.29, 1.82) is 0 Å². The summed E-state index contributed by atoms with van der Waals surface area (Å²) in [4.78, 5) is 0. The molecule has 0 saturated carbocycles. The van der Waals surface area contributed by atoms with E-state index in [0.29, 0.717) is 5.92 Å². The first-order valence-corrected chi connectivity index (χ1v) is 6.13. The van der Waals surface area contributed by atoms with Crippen LogP contribution in [0.2, 0.25) is 0 Å². The topological polar surface area (TPSA) is 20.2 Å². The lowest BCUT2D eigenvalue weighted by atomic mass is 9.99. The molecule has 0 radical (unpaired) electrons. The van der Waals surface area contributed by atoms with Gasteiger partial charge < -0.3 is 5.11 Å². The van der Waals surface area contributed by atoms with Crippen molar-refractivity contribution >= 4 is 0 Å². The summed E-state index contributed by atoms with van der Waals surface area (Å²) >= 11 is 0. The van der Waals surface area contributed by atoms with E-state index >= 15 is 0 Å². The first-order chi connectivity index (χ1) is 7.49. The molecular weight excluding hydrogens is 196 g/mol. The molecule has 1 unspecified atom stereocenters. The van der Waals surface area contributed by atoms with Crippen molar-refractivity contribution in [3.8, 4) is 0 Å². The molecule has 1 N–H and O–H groups in total. The van der Waals surface area contributed by atoms with Gasteiger partial charge in [-0.1, -0.05) is 44.2 Å². The number of allylic oxidation sites excluding steroid dienone is 4. The Morgan fingerprint density at radius 1 is 1.31 bits per heavy atom. The van der Waals surface area contributed by atoms with E-state index in [1.54, 1.807) is 0 Å². The maximum atomic E-state index is 9.89. The zero-order valence-corrected chi connectivity index (χ0v) is 11.2. The summed E-state index contributed by atoms with van der Waals surface area (Å²) < 4.78 is 0. The van der Waals surface area contributed by atoms with E-state index in [2.05, 4.69) is 32.6 Å². The Morgan fingerprint density at radius 2 is 1.94 bits per heavy atom.